The summed E-state index contributed by atoms with van der Waals surface area (Å²) in [6.07, 6.45) is 2.91. The van der Waals surface area contributed by atoms with Gasteiger partial charge in [0.25, 0.3) is 0 Å². The molecule has 6 nitrogen and oxygen atoms in total. The van der Waals surface area contributed by atoms with E-state index >= 15 is 0 Å². The fourth-order valence-corrected chi connectivity index (χ4v) is 2.89. The molecule has 1 aliphatic heterocycles. The molecule has 1 aliphatic rings. The topological polar surface area (TPSA) is 107 Å². The molecule has 2 aromatic rings. The van der Waals surface area contributed by atoms with Gasteiger partial charge in [0.1, 0.15) is 0 Å². The summed E-state index contributed by atoms with van der Waals surface area (Å²) in [7, 11) is 0. The van der Waals surface area contributed by atoms with Crippen molar-refractivity contribution in [2.24, 2.45) is 5.73 Å². The van der Waals surface area contributed by atoms with Crippen LogP contribution in [0.5, 0.6) is 0 Å². The fraction of sp³-hybridized carbons (Fsp3) is 0.350. The van der Waals surface area contributed by atoms with Crippen molar-refractivity contribution in [3.63, 3.8) is 0 Å². The Bertz CT molecular complexity index is 857. The number of carboxylic acids is 1. The molecule has 0 unspecified atom stereocenters. The number of benzene rings is 2. The van der Waals surface area contributed by atoms with E-state index in [0.717, 1.165) is 41.2 Å². The molecule has 1 heterocycles. The van der Waals surface area contributed by atoms with Gasteiger partial charge in [-0.3, -0.25) is 4.79 Å². The van der Waals surface area contributed by atoms with E-state index in [2.05, 4.69) is 0 Å². The number of carbonyl (C=O) groups is 3. The second-order valence-electron chi connectivity index (χ2n) is 6.26. The second-order valence-corrected chi connectivity index (χ2v) is 6.26. The van der Waals surface area contributed by atoms with Crippen molar-refractivity contribution in [2.45, 2.75) is 39.5 Å². The minimum Gasteiger partial charge on any atom is -0.481 e. The van der Waals surface area contributed by atoms with Gasteiger partial charge in [0.15, 0.2) is 0 Å². The van der Waals surface area contributed by atoms with Crippen LogP contribution in [0.1, 0.15) is 57.5 Å². The minimum absolute atomic E-state index is 0.278. The molecule has 0 aliphatic carbocycles. The molecule has 26 heavy (non-hydrogen) atoms. The van der Waals surface area contributed by atoms with Gasteiger partial charge in [-0.2, -0.15) is 0 Å². The van der Waals surface area contributed by atoms with Crippen LogP contribution in [0, 0.1) is 13.8 Å². The number of cyclic esters (lactones) is 2. The van der Waals surface area contributed by atoms with E-state index in [1.54, 1.807) is 12.1 Å². The van der Waals surface area contributed by atoms with Crippen LogP contribution in [0.2, 0.25) is 0 Å². The quantitative estimate of drug-likeness (QED) is 0.483. The molecule has 138 valence electrons. The maximum Gasteiger partial charge on any atom is 0.346 e. The molecular weight excluding hydrogens is 334 g/mol. The van der Waals surface area contributed by atoms with Crippen molar-refractivity contribution in [1.29, 1.82) is 0 Å². The van der Waals surface area contributed by atoms with Crippen LogP contribution in [0.25, 0.3) is 10.8 Å². The first-order chi connectivity index (χ1) is 12.4. The number of hydrogen-bond donors (Lipinski definition) is 2. The first-order valence-corrected chi connectivity index (χ1v) is 8.58. The molecule has 0 saturated heterocycles. The Labute approximate surface area is 151 Å². The molecule has 0 saturated carbocycles. The van der Waals surface area contributed by atoms with Crippen molar-refractivity contribution >= 4 is 28.7 Å². The first kappa shape index (κ1) is 19.6. The Hall–Kier alpha value is -2.73. The van der Waals surface area contributed by atoms with Crippen molar-refractivity contribution in [2.75, 3.05) is 6.54 Å². The number of aliphatic carboxylic acids is 1. The molecule has 3 rings (SSSR count). The van der Waals surface area contributed by atoms with Crippen LogP contribution in [-0.2, 0) is 9.53 Å². The minimum atomic E-state index is -0.716. The molecule has 0 spiro atoms. The van der Waals surface area contributed by atoms with Gasteiger partial charge in [-0.05, 0) is 61.9 Å². The van der Waals surface area contributed by atoms with Gasteiger partial charge < -0.3 is 15.6 Å². The third kappa shape index (κ3) is 4.26. The van der Waals surface area contributed by atoms with Gasteiger partial charge in [-0.25, -0.2) is 9.59 Å². The smallest absolute Gasteiger partial charge is 0.346 e. The summed E-state index contributed by atoms with van der Waals surface area (Å²) < 4.78 is 4.72. The summed E-state index contributed by atoms with van der Waals surface area (Å²) in [6.45, 7) is 4.60. The zero-order valence-electron chi connectivity index (χ0n) is 15.0. The average molecular weight is 357 g/mol. The van der Waals surface area contributed by atoms with Crippen LogP contribution in [0.15, 0.2) is 24.3 Å². The Morgan fingerprint density at radius 2 is 1.77 bits per heavy atom. The van der Waals surface area contributed by atoms with Crippen molar-refractivity contribution < 1.29 is 24.2 Å². The van der Waals surface area contributed by atoms with Crippen LogP contribution >= 0.6 is 0 Å². The van der Waals surface area contributed by atoms with Gasteiger partial charge in [0.2, 0.25) is 0 Å². The summed E-state index contributed by atoms with van der Waals surface area (Å²) in [5.74, 6) is -1.83. The number of esters is 2. The lowest BCUT2D eigenvalue weighted by Gasteiger charge is -2.17. The zero-order chi connectivity index (χ0) is 19.3. The lowest BCUT2D eigenvalue weighted by molar-refractivity contribution is -0.137. The molecular formula is C20H23NO5. The molecule has 0 atom stereocenters. The van der Waals surface area contributed by atoms with Crippen molar-refractivity contribution in [1.82, 2.24) is 0 Å². The molecule has 0 bridgehead atoms. The van der Waals surface area contributed by atoms with Crippen LogP contribution in [0.3, 0.4) is 0 Å². The number of aryl methyl sites for hydroxylation is 2. The third-order valence-electron chi connectivity index (χ3n) is 4.41. The van der Waals surface area contributed by atoms with Crippen LogP contribution in [0.4, 0.5) is 0 Å². The highest BCUT2D eigenvalue weighted by Crippen LogP contribution is 2.32. The summed E-state index contributed by atoms with van der Waals surface area (Å²) in [5, 5.41) is 9.85. The molecule has 0 aromatic heterocycles. The maximum atomic E-state index is 11.7. The predicted molar refractivity (Wildman–Crippen MR) is 98.3 cm³/mol. The summed E-state index contributed by atoms with van der Waals surface area (Å²) in [5.41, 5.74) is 8.27. The Balaban J connectivity index is 0.000000232. The van der Waals surface area contributed by atoms with E-state index in [-0.39, 0.29) is 6.42 Å². The highest BCUT2D eigenvalue weighted by atomic mass is 16.6. The molecule has 0 fully saturated rings. The lowest BCUT2D eigenvalue weighted by atomic mass is 9.91. The number of ether oxygens (including phenoxy) is 1. The first-order valence-electron chi connectivity index (χ1n) is 8.58. The monoisotopic (exact) mass is 357 g/mol. The predicted octanol–water partition coefficient (Wildman–Crippen LogP) is 3.36. The Morgan fingerprint density at radius 1 is 1.08 bits per heavy atom. The summed E-state index contributed by atoms with van der Waals surface area (Å²) >= 11 is 0. The normalized spacial score (nSPS) is 12.4. The van der Waals surface area contributed by atoms with Gasteiger partial charge in [-0.15, -0.1) is 0 Å². The highest BCUT2D eigenvalue weighted by molar-refractivity contribution is 6.21. The van der Waals surface area contributed by atoms with Crippen LogP contribution in [-0.4, -0.2) is 29.6 Å². The molecule has 2 aromatic carbocycles. The van der Waals surface area contributed by atoms with Crippen molar-refractivity contribution in [3.8, 4) is 0 Å². The molecule has 0 radical (unpaired) electrons. The zero-order valence-corrected chi connectivity index (χ0v) is 15.0. The number of rotatable bonds is 5. The van der Waals surface area contributed by atoms with Gasteiger partial charge in [-0.1, -0.05) is 18.6 Å². The molecule has 3 N–H and O–H groups in total. The largest absolute Gasteiger partial charge is 0.481 e. The average Bonchev–Trinajstić information content (AvgIpc) is 2.60. The van der Waals surface area contributed by atoms with Crippen molar-refractivity contribution in [3.05, 3.63) is 46.5 Å². The number of nitrogens with two attached hydrogens (primary N) is 1. The number of carboxylic acid groups (broad SMARTS) is 1. The van der Waals surface area contributed by atoms with Gasteiger partial charge >= 0.3 is 17.9 Å². The second kappa shape index (κ2) is 8.58. The Morgan fingerprint density at radius 3 is 2.42 bits per heavy atom. The lowest BCUT2D eigenvalue weighted by Crippen LogP contribution is -2.20. The van der Waals surface area contributed by atoms with Gasteiger partial charge in [0.05, 0.1) is 11.1 Å². The van der Waals surface area contributed by atoms with Crippen LogP contribution < -0.4 is 5.73 Å². The fourth-order valence-electron chi connectivity index (χ4n) is 2.89. The number of hydrogen-bond acceptors (Lipinski definition) is 5. The summed E-state index contributed by atoms with van der Waals surface area (Å²) in [6, 6.07) is 7.22. The Kier molecular flexibility index (Phi) is 6.46. The van der Waals surface area contributed by atoms with E-state index < -0.39 is 17.9 Å². The van der Waals surface area contributed by atoms with E-state index in [1.807, 2.05) is 26.0 Å². The molecule has 6 heteroatoms. The standard InChI is InChI=1S/C14H10O3.C6H13NO2/c1-7-6-11-12-9(8(7)2)4-3-5-10(12)13(15)17-14(11)16;7-5-3-1-2-4-6(8)9/h3-6H,1-2H3;1-5,7H2,(H,8,9). The maximum absolute atomic E-state index is 11.7. The number of unbranched alkanes of at least 4 members (excludes halogenated alkanes) is 2. The highest BCUT2D eigenvalue weighted by Gasteiger charge is 2.27. The van der Waals surface area contributed by atoms with E-state index in [4.69, 9.17) is 15.6 Å². The van der Waals surface area contributed by atoms with Gasteiger partial charge in [0, 0.05) is 11.8 Å². The van der Waals surface area contributed by atoms with E-state index in [1.165, 1.54) is 0 Å². The summed E-state index contributed by atoms with van der Waals surface area (Å²) in [4.78, 5) is 33.3. The molecule has 0 amide bonds. The van der Waals surface area contributed by atoms with E-state index in [9.17, 15) is 14.4 Å². The number of carbonyl (C=O) groups excluding carboxylic acids is 2. The SMILES string of the molecule is Cc1cc2c3c(cccc3c1C)C(=O)OC2=O.NCCCCCC(=O)O. The third-order valence-corrected chi connectivity index (χ3v) is 4.41. The van der Waals surface area contributed by atoms with E-state index in [0.29, 0.717) is 17.7 Å².